The van der Waals surface area contributed by atoms with Crippen LogP contribution in [0.2, 0.25) is 0 Å². The molecule has 0 amide bonds. The minimum atomic E-state index is 0.224. The lowest BCUT2D eigenvalue weighted by Gasteiger charge is -2.26. The predicted molar refractivity (Wildman–Crippen MR) is 69.5 cm³/mol. The number of likely N-dealkylation sites (N-methyl/N-ethyl adjacent to an activating group) is 1. The molecular weight excluding hydrogens is 246 g/mol. The van der Waals surface area contributed by atoms with Gasteiger partial charge in [0.2, 0.25) is 6.79 Å². The summed E-state index contributed by atoms with van der Waals surface area (Å²) in [6.07, 6.45) is 1.27. The van der Waals surface area contributed by atoms with E-state index in [9.17, 15) is 5.11 Å². The predicted octanol–water partition coefficient (Wildman–Crippen LogP) is 1.73. The number of phenols is 1. The molecule has 2 aliphatic heterocycles. The van der Waals surface area contributed by atoms with Gasteiger partial charge in [-0.05, 0) is 26.5 Å². The summed E-state index contributed by atoms with van der Waals surface area (Å²) in [6.45, 7) is 3.79. The highest BCUT2D eigenvalue weighted by Gasteiger charge is 2.28. The summed E-state index contributed by atoms with van der Waals surface area (Å²) in [7, 11) is 2.06. The van der Waals surface area contributed by atoms with Crippen LogP contribution in [0.15, 0.2) is 12.1 Å². The first kappa shape index (κ1) is 12.6. The van der Waals surface area contributed by atoms with Gasteiger partial charge in [-0.25, -0.2) is 0 Å². The molecule has 0 bridgehead atoms. The molecule has 1 fully saturated rings. The average Bonchev–Trinajstić information content (AvgIpc) is 2.98. The van der Waals surface area contributed by atoms with Crippen LogP contribution < -0.4 is 9.47 Å². The van der Waals surface area contributed by atoms with Gasteiger partial charge in [0.25, 0.3) is 0 Å². The average molecular weight is 265 g/mol. The molecule has 19 heavy (non-hydrogen) atoms. The quantitative estimate of drug-likeness (QED) is 0.902. The number of ether oxygens (including phenoxy) is 3. The van der Waals surface area contributed by atoms with E-state index in [4.69, 9.17) is 14.2 Å². The van der Waals surface area contributed by atoms with Crippen LogP contribution in [0.25, 0.3) is 0 Å². The lowest BCUT2D eigenvalue weighted by Crippen LogP contribution is -2.36. The number of benzene rings is 1. The highest BCUT2D eigenvalue weighted by atomic mass is 16.7. The van der Waals surface area contributed by atoms with E-state index in [0.717, 1.165) is 18.6 Å². The largest absolute Gasteiger partial charge is 0.507 e. The number of hydrogen-bond donors (Lipinski definition) is 1. The van der Waals surface area contributed by atoms with Crippen LogP contribution >= 0.6 is 0 Å². The minimum absolute atomic E-state index is 0.224. The van der Waals surface area contributed by atoms with E-state index in [-0.39, 0.29) is 18.6 Å². The fourth-order valence-corrected chi connectivity index (χ4v) is 2.79. The fourth-order valence-electron chi connectivity index (χ4n) is 2.79. The van der Waals surface area contributed by atoms with Crippen LogP contribution in [0.5, 0.6) is 17.2 Å². The molecule has 2 heterocycles. The zero-order valence-corrected chi connectivity index (χ0v) is 11.3. The first-order valence-electron chi connectivity index (χ1n) is 6.58. The second-order valence-electron chi connectivity index (χ2n) is 5.18. The maximum Gasteiger partial charge on any atom is 0.231 e. The lowest BCUT2D eigenvalue weighted by molar-refractivity contribution is 0.0811. The number of hydrogen-bond acceptors (Lipinski definition) is 5. The third kappa shape index (κ3) is 2.35. The van der Waals surface area contributed by atoms with Crippen LogP contribution in [0, 0.1) is 0 Å². The van der Waals surface area contributed by atoms with Gasteiger partial charge in [0.1, 0.15) is 5.75 Å². The van der Waals surface area contributed by atoms with Crippen molar-refractivity contribution in [1.82, 2.24) is 4.90 Å². The topological polar surface area (TPSA) is 51.2 Å². The van der Waals surface area contributed by atoms with Crippen LogP contribution in [0.4, 0.5) is 0 Å². The summed E-state index contributed by atoms with van der Waals surface area (Å²) >= 11 is 0. The normalized spacial score (nSPS) is 25.2. The summed E-state index contributed by atoms with van der Waals surface area (Å²) in [4.78, 5) is 2.22. The molecule has 0 spiro atoms. The maximum absolute atomic E-state index is 10.0. The van der Waals surface area contributed by atoms with Crippen molar-refractivity contribution in [2.24, 2.45) is 0 Å². The molecule has 5 heteroatoms. The smallest absolute Gasteiger partial charge is 0.231 e. The van der Waals surface area contributed by atoms with E-state index in [1.54, 1.807) is 6.07 Å². The van der Waals surface area contributed by atoms with E-state index in [1.165, 1.54) is 0 Å². The SMILES string of the molecule is CC1OCCC1N(C)Cc1cc2c(cc1O)OCO2. The van der Waals surface area contributed by atoms with Crippen molar-refractivity contribution in [1.29, 1.82) is 0 Å². The Morgan fingerprint density at radius 1 is 1.32 bits per heavy atom. The summed E-state index contributed by atoms with van der Waals surface area (Å²) in [5.41, 5.74) is 0.853. The van der Waals surface area contributed by atoms with Crippen molar-refractivity contribution >= 4 is 0 Å². The van der Waals surface area contributed by atoms with Crippen LogP contribution in [-0.4, -0.2) is 42.6 Å². The Bertz CT molecular complexity index is 477. The Morgan fingerprint density at radius 3 is 2.74 bits per heavy atom. The second-order valence-corrected chi connectivity index (χ2v) is 5.18. The van der Waals surface area contributed by atoms with Gasteiger partial charge in [0, 0.05) is 30.8 Å². The van der Waals surface area contributed by atoms with Gasteiger partial charge < -0.3 is 19.3 Å². The molecule has 5 nitrogen and oxygen atoms in total. The molecule has 2 unspecified atom stereocenters. The molecule has 1 N–H and O–H groups in total. The van der Waals surface area contributed by atoms with E-state index < -0.39 is 0 Å². The summed E-state index contributed by atoms with van der Waals surface area (Å²) in [5, 5.41) is 10.0. The minimum Gasteiger partial charge on any atom is -0.507 e. The molecular formula is C14H19NO4. The number of nitrogens with zero attached hydrogens (tertiary/aromatic N) is 1. The molecule has 2 aliphatic rings. The van der Waals surface area contributed by atoms with Gasteiger partial charge in [0.05, 0.1) is 6.10 Å². The molecule has 0 aliphatic carbocycles. The van der Waals surface area contributed by atoms with Crippen molar-refractivity contribution in [2.45, 2.75) is 32.0 Å². The van der Waals surface area contributed by atoms with E-state index >= 15 is 0 Å². The maximum atomic E-state index is 10.0. The molecule has 1 aromatic carbocycles. The van der Waals surface area contributed by atoms with E-state index in [1.807, 2.05) is 6.07 Å². The third-order valence-corrected chi connectivity index (χ3v) is 3.90. The summed E-state index contributed by atoms with van der Waals surface area (Å²) in [6, 6.07) is 3.87. The number of aromatic hydroxyl groups is 1. The monoisotopic (exact) mass is 265 g/mol. The number of fused-ring (bicyclic) bond motifs is 1. The van der Waals surface area contributed by atoms with Crippen molar-refractivity contribution < 1.29 is 19.3 Å². The first-order valence-corrected chi connectivity index (χ1v) is 6.58. The molecule has 1 saturated heterocycles. The van der Waals surface area contributed by atoms with E-state index in [0.29, 0.717) is 24.1 Å². The van der Waals surface area contributed by atoms with Crippen LogP contribution in [0.3, 0.4) is 0 Å². The van der Waals surface area contributed by atoms with Gasteiger partial charge in [-0.2, -0.15) is 0 Å². The van der Waals surface area contributed by atoms with Gasteiger partial charge in [-0.1, -0.05) is 0 Å². The Balaban J connectivity index is 1.76. The second kappa shape index (κ2) is 4.90. The van der Waals surface area contributed by atoms with Crippen molar-refractivity contribution in [3.8, 4) is 17.2 Å². The van der Waals surface area contributed by atoms with Crippen molar-refractivity contribution in [3.63, 3.8) is 0 Å². The highest BCUT2D eigenvalue weighted by molar-refractivity contribution is 5.51. The van der Waals surface area contributed by atoms with Gasteiger partial charge in [-0.3, -0.25) is 4.90 Å². The Morgan fingerprint density at radius 2 is 2.05 bits per heavy atom. The van der Waals surface area contributed by atoms with Crippen LogP contribution in [-0.2, 0) is 11.3 Å². The Kier molecular flexibility index (Phi) is 3.24. The lowest BCUT2D eigenvalue weighted by atomic mass is 10.1. The molecule has 0 aromatic heterocycles. The molecule has 104 valence electrons. The van der Waals surface area contributed by atoms with E-state index in [2.05, 4.69) is 18.9 Å². The van der Waals surface area contributed by atoms with Crippen molar-refractivity contribution in [3.05, 3.63) is 17.7 Å². The Hall–Kier alpha value is -1.46. The van der Waals surface area contributed by atoms with Gasteiger partial charge >= 0.3 is 0 Å². The molecule has 3 rings (SSSR count). The summed E-state index contributed by atoms with van der Waals surface area (Å²) in [5.74, 6) is 1.57. The standard InChI is InChI=1S/C14H19NO4/c1-9-11(3-4-17-9)15(2)7-10-5-13-14(6-12(10)16)19-8-18-13/h5-6,9,11,16H,3-4,7-8H2,1-2H3. The Labute approximate surface area is 112 Å². The molecule has 0 saturated carbocycles. The van der Waals surface area contributed by atoms with Gasteiger partial charge in [-0.15, -0.1) is 0 Å². The summed E-state index contributed by atoms with van der Waals surface area (Å²) < 4.78 is 16.2. The molecule has 2 atom stereocenters. The zero-order chi connectivity index (χ0) is 13.4. The first-order chi connectivity index (χ1) is 9.15. The zero-order valence-electron chi connectivity index (χ0n) is 11.3. The molecule has 0 radical (unpaired) electrons. The number of phenolic OH excluding ortho intramolecular Hbond substituents is 1. The van der Waals surface area contributed by atoms with Crippen LogP contribution in [0.1, 0.15) is 18.9 Å². The van der Waals surface area contributed by atoms with Crippen molar-refractivity contribution in [2.75, 3.05) is 20.4 Å². The number of rotatable bonds is 3. The van der Waals surface area contributed by atoms with Gasteiger partial charge in [0.15, 0.2) is 11.5 Å². The highest BCUT2D eigenvalue weighted by Crippen LogP contribution is 2.38. The fraction of sp³-hybridized carbons (Fsp3) is 0.571. The third-order valence-electron chi connectivity index (χ3n) is 3.90. The molecule has 1 aromatic rings.